The lowest BCUT2D eigenvalue weighted by Crippen LogP contribution is -2.33. The molecule has 198 valence electrons. The molecule has 1 aliphatic carbocycles. The zero-order valence-electron chi connectivity index (χ0n) is 20.1. The molecule has 1 aliphatic rings. The number of nitrogens with zero attached hydrogens (tertiary/aromatic N) is 4. The summed E-state index contributed by atoms with van der Waals surface area (Å²) in [5, 5.41) is 12.8. The number of oxazole rings is 1. The van der Waals surface area contributed by atoms with Crippen LogP contribution < -0.4 is 15.8 Å². The van der Waals surface area contributed by atoms with Gasteiger partial charge in [0, 0.05) is 23.3 Å². The maximum atomic E-state index is 13.4. The number of halogens is 3. The van der Waals surface area contributed by atoms with Crippen molar-refractivity contribution in [3.63, 3.8) is 0 Å². The van der Waals surface area contributed by atoms with Crippen LogP contribution >= 0.6 is 0 Å². The first kappa shape index (κ1) is 25.5. The molecular weight excluding hydrogens is 505 g/mol. The largest absolute Gasteiger partial charge is 0.494 e. The summed E-state index contributed by atoms with van der Waals surface area (Å²) in [4.78, 5) is 30.1. The molecular formula is C25H23F3N6O4. The molecule has 13 heteroatoms. The van der Waals surface area contributed by atoms with Crippen LogP contribution in [0, 0.1) is 0 Å². The van der Waals surface area contributed by atoms with Gasteiger partial charge in [-0.3, -0.25) is 14.8 Å². The highest BCUT2D eigenvalue weighted by atomic mass is 19.4. The van der Waals surface area contributed by atoms with E-state index in [0.717, 1.165) is 24.6 Å². The smallest absolute Gasteiger partial charge is 0.433 e. The van der Waals surface area contributed by atoms with Crippen LogP contribution in [0.1, 0.15) is 58.3 Å². The highest BCUT2D eigenvalue weighted by molar-refractivity contribution is 5.98. The van der Waals surface area contributed by atoms with Crippen LogP contribution in [-0.4, -0.2) is 44.7 Å². The van der Waals surface area contributed by atoms with Crippen LogP contribution in [0.5, 0.6) is 5.75 Å². The van der Waals surface area contributed by atoms with E-state index in [0.29, 0.717) is 12.1 Å². The van der Waals surface area contributed by atoms with Gasteiger partial charge in [-0.05, 0) is 43.5 Å². The molecule has 1 amide bonds. The lowest BCUT2D eigenvalue weighted by atomic mass is 9.95. The predicted octanol–water partition coefficient (Wildman–Crippen LogP) is 3.51. The number of aromatic nitrogens is 4. The molecule has 5 rings (SSSR count). The van der Waals surface area contributed by atoms with E-state index in [4.69, 9.17) is 14.9 Å². The van der Waals surface area contributed by atoms with Gasteiger partial charge < -0.3 is 25.3 Å². The van der Waals surface area contributed by atoms with Gasteiger partial charge in [-0.25, -0.2) is 9.97 Å². The molecule has 1 aromatic carbocycles. The summed E-state index contributed by atoms with van der Waals surface area (Å²) < 4.78 is 51.0. The molecule has 4 N–H and O–H groups in total. The molecule has 0 radical (unpaired) electrons. The Morgan fingerprint density at radius 3 is 2.76 bits per heavy atom. The average Bonchev–Trinajstić information content (AvgIpc) is 3.37. The Labute approximate surface area is 214 Å². The third-order valence-corrected chi connectivity index (χ3v) is 6.31. The number of alkyl halides is 3. The number of benzene rings is 1. The number of fused-ring (bicyclic) bond motifs is 2. The monoisotopic (exact) mass is 528 g/mol. The summed E-state index contributed by atoms with van der Waals surface area (Å²) >= 11 is 0. The Kier molecular flexibility index (Phi) is 6.71. The van der Waals surface area contributed by atoms with Gasteiger partial charge in [0.25, 0.3) is 5.91 Å². The molecule has 0 fully saturated rings. The molecule has 0 bridgehead atoms. The Hall–Kier alpha value is -4.10. The Morgan fingerprint density at radius 1 is 1.24 bits per heavy atom. The molecule has 1 unspecified atom stereocenters. The van der Waals surface area contributed by atoms with Gasteiger partial charge in [-0.2, -0.15) is 13.2 Å². The number of rotatable bonds is 6. The molecule has 0 spiro atoms. The van der Waals surface area contributed by atoms with Crippen molar-refractivity contribution >= 4 is 16.8 Å². The van der Waals surface area contributed by atoms with Crippen molar-refractivity contribution in [3.8, 4) is 17.2 Å². The van der Waals surface area contributed by atoms with Crippen molar-refractivity contribution < 1.29 is 32.2 Å². The summed E-state index contributed by atoms with van der Waals surface area (Å²) in [6.45, 7) is -0.535. The van der Waals surface area contributed by atoms with E-state index in [9.17, 15) is 23.1 Å². The number of hydrogen-bond donors (Lipinski definition) is 3. The van der Waals surface area contributed by atoms with Crippen LogP contribution in [0.2, 0.25) is 0 Å². The molecule has 0 saturated heterocycles. The standard InChI is InChI=1S/C25H23F3N6O4/c1-37-17-7-5-13(12-6-8-18(25(26,27)28)33-19(12)17)24-34-21(22(38-24)14(29)11-35)23(36)32-16-4-2-3-15-20(16)31-10-9-30-15/h5-10,14,16,35H,2-4,11,29H2,1H3,(H,32,36)/t14-,16?/m0/s1. The number of ether oxygens (including phenoxy) is 1. The van der Waals surface area contributed by atoms with E-state index in [1.807, 2.05) is 0 Å². The topological polar surface area (TPSA) is 149 Å². The number of hydrogen-bond acceptors (Lipinski definition) is 9. The third kappa shape index (κ3) is 4.65. The zero-order chi connectivity index (χ0) is 27.0. The van der Waals surface area contributed by atoms with E-state index < -0.39 is 36.5 Å². The van der Waals surface area contributed by atoms with Crippen molar-refractivity contribution in [2.45, 2.75) is 37.5 Å². The van der Waals surface area contributed by atoms with E-state index >= 15 is 0 Å². The molecule has 2 atom stereocenters. The van der Waals surface area contributed by atoms with Gasteiger partial charge in [0.2, 0.25) is 5.89 Å². The van der Waals surface area contributed by atoms with Gasteiger partial charge in [-0.1, -0.05) is 0 Å². The van der Waals surface area contributed by atoms with E-state index in [1.54, 1.807) is 12.4 Å². The predicted molar refractivity (Wildman–Crippen MR) is 128 cm³/mol. The minimum atomic E-state index is -4.66. The summed E-state index contributed by atoms with van der Waals surface area (Å²) in [5.41, 5.74) is 6.44. The first-order valence-electron chi connectivity index (χ1n) is 11.7. The van der Waals surface area contributed by atoms with Crippen molar-refractivity contribution in [1.29, 1.82) is 0 Å². The summed E-state index contributed by atoms with van der Waals surface area (Å²) in [6, 6.07) is 3.54. The van der Waals surface area contributed by atoms with Crippen LogP contribution in [-0.2, 0) is 12.6 Å². The number of carbonyl (C=O) groups is 1. The first-order valence-corrected chi connectivity index (χ1v) is 11.7. The van der Waals surface area contributed by atoms with Crippen LogP contribution in [0.25, 0.3) is 22.4 Å². The number of aliphatic hydroxyl groups excluding tert-OH is 1. The van der Waals surface area contributed by atoms with Crippen molar-refractivity contribution in [2.24, 2.45) is 5.73 Å². The van der Waals surface area contributed by atoms with Crippen molar-refractivity contribution in [3.05, 3.63) is 65.2 Å². The van der Waals surface area contributed by atoms with E-state index in [-0.39, 0.29) is 39.6 Å². The van der Waals surface area contributed by atoms with Gasteiger partial charge in [-0.15, -0.1) is 0 Å². The second-order valence-corrected chi connectivity index (χ2v) is 8.73. The average molecular weight is 528 g/mol. The molecule has 3 aromatic heterocycles. The summed E-state index contributed by atoms with van der Waals surface area (Å²) in [5.74, 6) is -0.632. The van der Waals surface area contributed by atoms with E-state index in [1.165, 1.54) is 25.3 Å². The summed E-state index contributed by atoms with van der Waals surface area (Å²) in [6.07, 6.45) is 0.675. The van der Waals surface area contributed by atoms with Crippen molar-refractivity contribution in [1.82, 2.24) is 25.3 Å². The quantitative estimate of drug-likeness (QED) is 0.342. The highest BCUT2D eigenvalue weighted by Crippen LogP contribution is 2.37. The van der Waals surface area contributed by atoms with Gasteiger partial charge >= 0.3 is 6.18 Å². The van der Waals surface area contributed by atoms with Crippen molar-refractivity contribution in [2.75, 3.05) is 13.7 Å². The summed E-state index contributed by atoms with van der Waals surface area (Å²) in [7, 11) is 1.32. The number of amides is 1. The fourth-order valence-corrected chi connectivity index (χ4v) is 4.48. The minimum absolute atomic E-state index is 0.0607. The first-order chi connectivity index (χ1) is 18.2. The van der Waals surface area contributed by atoms with Crippen LogP contribution in [0.15, 0.2) is 41.1 Å². The van der Waals surface area contributed by atoms with Gasteiger partial charge in [0.05, 0.1) is 37.2 Å². The van der Waals surface area contributed by atoms with Crippen LogP contribution in [0.3, 0.4) is 0 Å². The number of carbonyl (C=O) groups excluding carboxylic acids is 1. The molecule has 4 aromatic rings. The van der Waals surface area contributed by atoms with Crippen LogP contribution in [0.4, 0.5) is 13.2 Å². The second kappa shape index (κ2) is 9.99. The maximum Gasteiger partial charge on any atom is 0.433 e. The number of pyridine rings is 1. The lowest BCUT2D eigenvalue weighted by molar-refractivity contribution is -0.140. The molecule has 38 heavy (non-hydrogen) atoms. The maximum absolute atomic E-state index is 13.4. The second-order valence-electron chi connectivity index (χ2n) is 8.73. The Bertz CT molecular complexity index is 1510. The Morgan fingerprint density at radius 2 is 2.03 bits per heavy atom. The Balaban J connectivity index is 1.57. The number of nitrogens with two attached hydrogens (primary N) is 1. The minimum Gasteiger partial charge on any atom is -0.494 e. The number of nitrogens with one attached hydrogen (secondary N) is 1. The van der Waals surface area contributed by atoms with Gasteiger partial charge in [0.1, 0.15) is 17.0 Å². The fraction of sp³-hybridized carbons (Fsp3) is 0.320. The lowest BCUT2D eigenvalue weighted by Gasteiger charge is -2.24. The number of aliphatic hydroxyl groups is 1. The third-order valence-electron chi connectivity index (χ3n) is 6.31. The molecule has 3 heterocycles. The normalized spacial score (nSPS) is 16.2. The number of methoxy groups -OCH3 is 1. The molecule has 0 saturated carbocycles. The molecule has 10 nitrogen and oxygen atoms in total. The zero-order valence-corrected chi connectivity index (χ0v) is 20.1. The molecule has 0 aliphatic heterocycles. The fourth-order valence-electron chi connectivity index (χ4n) is 4.48. The number of aryl methyl sites for hydroxylation is 1. The van der Waals surface area contributed by atoms with E-state index in [2.05, 4.69) is 25.3 Å². The SMILES string of the molecule is COc1ccc(-c2nc(C(=O)NC3CCCc4nccnc43)c([C@@H](N)CO)o2)c2ccc(C(F)(F)F)nc12. The van der Waals surface area contributed by atoms with Gasteiger partial charge in [0.15, 0.2) is 11.5 Å². The highest BCUT2D eigenvalue weighted by Gasteiger charge is 2.34.